The molecule has 0 bridgehead atoms. The summed E-state index contributed by atoms with van der Waals surface area (Å²) in [4.78, 5) is 38.1. The van der Waals surface area contributed by atoms with E-state index in [0.717, 1.165) is 32.1 Å². The number of carbonyl (C=O) groups excluding carboxylic acids is 3. The van der Waals surface area contributed by atoms with E-state index in [1.165, 1.54) is 11.3 Å². The third-order valence-corrected chi connectivity index (χ3v) is 4.28. The molecular weight excluding hydrogens is 304 g/mol. The zero-order chi connectivity index (χ0) is 17.5. The number of hydrogen-bond donors (Lipinski definition) is 1. The number of fused-ring (bicyclic) bond motifs is 1. The normalized spacial score (nSPS) is 13.3. The summed E-state index contributed by atoms with van der Waals surface area (Å²) in [6.45, 7) is 5.22. The third kappa shape index (κ3) is 4.02. The monoisotopic (exact) mass is 330 g/mol. The lowest BCUT2D eigenvalue weighted by Crippen LogP contribution is -2.30. The van der Waals surface area contributed by atoms with Crippen molar-refractivity contribution >= 4 is 17.7 Å². The fraction of sp³-hybridized carbons (Fsp3) is 0.526. The summed E-state index contributed by atoms with van der Waals surface area (Å²) in [5, 5.41) is 2.87. The van der Waals surface area contributed by atoms with E-state index in [4.69, 9.17) is 0 Å². The average Bonchev–Trinajstić information content (AvgIpc) is 2.83. The Kier molecular flexibility index (Phi) is 6.53. The van der Waals surface area contributed by atoms with Gasteiger partial charge in [0.15, 0.2) is 0 Å². The molecule has 5 nitrogen and oxygen atoms in total. The first-order valence-corrected chi connectivity index (χ1v) is 8.88. The predicted octanol–water partition coefficient (Wildman–Crippen LogP) is 3.39. The summed E-state index contributed by atoms with van der Waals surface area (Å²) in [7, 11) is 0. The quantitative estimate of drug-likeness (QED) is 0.557. The molecule has 0 aliphatic carbocycles. The Hall–Kier alpha value is -2.17. The Balaban J connectivity index is 2.02. The van der Waals surface area contributed by atoms with Crippen LogP contribution in [-0.4, -0.2) is 35.7 Å². The van der Waals surface area contributed by atoms with Crippen LogP contribution in [0.15, 0.2) is 18.2 Å². The number of hydrogen-bond acceptors (Lipinski definition) is 3. The lowest BCUT2D eigenvalue weighted by molar-refractivity contribution is 0.0652. The van der Waals surface area contributed by atoms with Crippen LogP contribution in [0.3, 0.4) is 0 Å². The van der Waals surface area contributed by atoms with Crippen LogP contribution in [0.2, 0.25) is 0 Å². The molecule has 0 aromatic heterocycles. The summed E-state index contributed by atoms with van der Waals surface area (Å²) in [5.74, 6) is -0.738. The van der Waals surface area contributed by atoms with Gasteiger partial charge in [-0.25, -0.2) is 0 Å². The maximum Gasteiger partial charge on any atom is 0.261 e. The van der Waals surface area contributed by atoms with Gasteiger partial charge in [0, 0.05) is 18.7 Å². The SMILES string of the molecule is CCCCCCNC(=O)c1ccc2c(c1)C(=O)N(CCCC)C2=O. The molecule has 1 heterocycles. The maximum atomic E-state index is 12.4. The zero-order valence-electron chi connectivity index (χ0n) is 14.6. The highest BCUT2D eigenvalue weighted by Gasteiger charge is 2.35. The molecule has 0 spiro atoms. The Morgan fingerprint density at radius 2 is 1.67 bits per heavy atom. The van der Waals surface area contributed by atoms with Gasteiger partial charge in [0.05, 0.1) is 11.1 Å². The smallest absolute Gasteiger partial charge is 0.261 e. The molecule has 2 rings (SSSR count). The number of carbonyl (C=O) groups is 3. The van der Waals surface area contributed by atoms with E-state index in [1.807, 2.05) is 6.92 Å². The van der Waals surface area contributed by atoms with Gasteiger partial charge in [-0.15, -0.1) is 0 Å². The molecule has 0 saturated heterocycles. The fourth-order valence-corrected chi connectivity index (χ4v) is 2.81. The van der Waals surface area contributed by atoms with Crippen molar-refractivity contribution in [1.29, 1.82) is 0 Å². The summed E-state index contributed by atoms with van der Waals surface area (Å²) in [5.41, 5.74) is 1.17. The van der Waals surface area contributed by atoms with Crippen LogP contribution in [0.5, 0.6) is 0 Å². The number of nitrogens with one attached hydrogen (secondary N) is 1. The standard InChI is InChI=1S/C19H26N2O3/c1-3-5-7-8-11-20-17(22)14-9-10-15-16(13-14)19(24)21(18(15)23)12-6-4-2/h9-10,13H,3-8,11-12H2,1-2H3,(H,20,22). The van der Waals surface area contributed by atoms with E-state index in [9.17, 15) is 14.4 Å². The Bertz CT molecular complexity index is 625. The zero-order valence-corrected chi connectivity index (χ0v) is 14.6. The minimum Gasteiger partial charge on any atom is -0.352 e. The molecule has 5 heteroatoms. The molecule has 24 heavy (non-hydrogen) atoms. The highest BCUT2D eigenvalue weighted by Crippen LogP contribution is 2.24. The minimum atomic E-state index is -0.291. The molecule has 3 amide bonds. The van der Waals surface area contributed by atoms with Gasteiger partial charge in [0.25, 0.3) is 17.7 Å². The van der Waals surface area contributed by atoms with Crippen LogP contribution in [0.4, 0.5) is 0 Å². The van der Waals surface area contributed by atoms with Crippen LogP contribution in [-0.2, 0) is 0 Å². The topological polar surface area (TPSA) is 66.5 Å². The van der Waals surface area contributed by atoms with Crippen LogP contribution in [0.1, 0.15) is 83.4 Å². The van der Waals surface area contributed by atoms with Gasteiger partial charge in [-0.1, -0.05) is 39.5 Å². The molecular formula is C19H26N2O3. The number of imide groups is 1. The first-order valence-electron chi connectivity index (χ1n) is 8.88. The number of benzene rings is 1. The van der Waals surface area contributed by atoms with E-state index >= 15 is 0 Å². The largest absolute Gasteiger partial charge is 0.352 e. The minimum absolute atomic E-state index is 0.193. The summed E-state index contributed by atoms with van der Waals surface area (Å²) in [6, 6.07) is 4.76. The van der Waals surface area contributed by atoms with Gasteiger partial charge in [0.1, 0.15) is 0 Å². The highest BCUT2D eigenvalue weighted by molar-refractivity contribution is 6.22. The highest BCUT2D eigenvalue weighted by atomic mass is 16.2. The van der Waals surface area contributed by atoms with Crippen LogP contribution in [0, 0.1) is 0 Å². The Morgan fingerprint density at radius 1 is 0.958 bits per heavy atom. The molecule has 0 fully saturated rings. The van der Waals surface area contributed by atoms with Gasteiger partial charge in [-0.05, 0) is 31.0 Å². The molecule has 1 aromatic rings. The second-order valence-corrected chi connectivity index (χ2v) is 6.19. The Morgan fingerprint density at radius 3 is 2.38 bits per heavy atom. The van der Waals surface area contributed by atoms with Crippen molar-refractivity contribution in [2.45, 2.75) is 52.4 Å². The lowest BCUT2D eigenvalue weighted by atomic mass is 10.1. The molecule has 0 saturated carbocycles. The Labute approximate surface area is 143 Å². The van der Waals surface area contributed by atoms with Crippen molar-refractivity contribution in [1.82, 2.24) is 10.2 Å². The first kappa shape index (κ1) is 18.2. The summed E-state index contributed by atoms with van der Waals surface area (Å²) in [6.07, 6.45) is 6.07. The van der Waals surface area contributed by atoms with Crippen molar-refractivity contribution in [2.24, 2.45) is 0 Å². The van der Waals surface area contributed by atoms with Gasteiger partial charge < -0.3 is 5.32 Å². The molecule has 0 atom stereocenters. The van der Waals surface area contributed by atoms with Gasteiger partial charge in [-0.2, -0.15) is 0 Å². The number of unbranched alkanes of at least 4 members (excludes halogenated alkanes) is 4. The predicted molar refractivity (Wildman–Crippen MR) is 93.2 cm³/mol. The van der Waals surface area contributed by atoms with E-state index in [0.29, 0.717) is 29.8 Å². The van der Waals surface area contributed by atoms with Crippen LogP contribution < -0.4 is 5.32 Å². The van der Waals surface area contributed by atoms with E-state index in [-0.39, 0.29) is 17.7 Å². The van der Waals surface area contributed by atoms with Crippen LogP contribution in [0.25, 0.3) is 0 Å². The second-order valence-electron chi connectivity index (χ2n) is 6.19. The molecule has 1 aliphatic heterocycles. The average molecular weight is 330 g/mol. The first-order chi connectivity index (χ1) is 11.6. The molecule has 130 valence electrons. The molecule has 1 N–H and O–H groups in total. The third-order valence-electron chi connectivity index (χ3n) is 4.28. The van der Waals surface area contributed by atoms with Gasteiger partial charge >= 0.3 is 0 Å². The fourth-order valence-electron chi connectivity index (χ4n) is 2.81. The van der Waals surface area contributed by atoms with E-state index in [1.54, 1.807) is 18.2 Å². The lowest BCUT2D eigenvalue weighted by Gasteiger charge is -2.12. The van der Waals surface area contributed by atoms with Crippen LogP contribution >= 0.6 is 0 Å². The molecule has 1 aliphatic rings. The van der Waals surface area contributed by atoms with Crippen molar-refractivity contribution in [3.8, 4) is 0 Å². The van der Waals surface area contributed by atoms with Crippen molar-refractivity contribution in [3.05, 3.63) is 34.9 Å². The number of nitrogens with zero attached hydrogens (tertiary/aromatic N) is 1. The van der Waals surface area contributed by atoms with Gasteiger partial charge in [-0.3, -0.25) is 19.3 Å². The molecule has 0 unspecified atom stereocenters. The van der Waals surface area contributed by atoms with Gasteiger partial charge in [0.2, 0.25) is 0 Å². The number of amides is 3. The maximum absolute atomic E-state index is 12.4. The number of rotatable bonds is 9. The molecule has 0 radical (unpaired) electrons. The second kappa shape index (κ2) is 8.62. The van der Waals surface area contributed by atoms with E-state index < -0.39 is 0 Å². The van der Waals surface area contributed by atoms with Crippen molar-refractivity contribution in [3.63, 3.8) is 0 Å². The molecule has 1 aromatic carbocycles. The summed E-state index contributed by atoms with van der Waals surface area (Å²) >= 11 is 0. The van der Waals surface area contributed by atoms with Crippen molar-refractivity contribution in [2.75, 3.05) is 13.1 Å². The summed E-state index contributed by atoms with van der Waals surface area (Å²) < 4.78 is 0. The van der Waals surface area contributed by atoms with Crippen molar-refractivity contribution < 1.29 is 14.4 Å². The van der Waals surface area contributed by atoms with E-state index in [2.05, 4.69) is 12.2 Å².